The molecule has 1 aliphatic carbocycles. The van der Waals surface area contributed by atoms with Gasteiger partial charge >= 0.3 is 0 Å². The molecule has 1 saturated carbocycles. The minimum atomic E-state index is 0.413. The monoisotopic (exact) mass is 257 g/mol. The van der Waals surface area contributed by atoms with Crippen LogP contribution in [-0.4, -0.2) is 17.0 Å². The molecule has 17 heavy (non-hydrogen) atoms. The molecule has 0 amide bonds. The molecule has 1 rings (SSSR count). The topological polar surface area (TPSA) is 26.0 Å². The van der Waals surface area contributed by atoms with Gasteiger partial charge in [-0.1, -0.05) is 40.0 Å². The number of hydrogen-bond acceptors (Lipinski definition) is 2. The Morgan fingerprint density at radius 1 is 1.06 bits per heavy atom. The van der Waals surface area contributed by atoms with Crippen LogP contribution in [0.5, 0.6) is 0 Å². The van der Waals surface area contributed by atoms with E-state index in [0.717, 1.165) is 17.1 Å². The van der Waals surface area contributed by atoms with Gasteiger partial charge in [-0.05, 0) is 37.5 Å². The number of nitrogens with two attached hydrogens (primary N) is 1. The fourth-order valence-electron chi connectivity index (χ4n) is 2.98. The lowest BCUT2D eigenvalue weighted by Crippen LogP contribution is -2.27. The third-order valence-electron chi connectivity index (χ3n) is 3.68. The standard InChI is InChI=1S/C15H31NS/c1-12(2)9-13(3)10-14(16)11-17-15-7-5-4-6-8-15/h12-15H,4-11,16H2,1-3H3. The van der Waals surface area contributed by atoms with E-state index in [9.17, 15) is 0 Å². The Morgan fingerprint density at radius 3 is 2.29 bits per heavy atom. The van der Waals surface area contributed by atoms with Gasteiger partial charge < -0.3 is 5.73 Å². The van der Waals surface area contributed by atoms with Crippen molar-refractivity contribution in [3.05, 3.63) is 0 Å². The summed E-state index contributed by atoms with van der Waals surface area (Å²) in [4.78, 5) is 0. The smallest absolute Gasteiger partial charge is 0.0133 e. The molecule has 2 atom stereocenters. The third-order valence-corrected chi connectivity index (χ3v) is 5.24. The molecular formula is C15H31NS. The molecule has 0 heterocycles. The van der Waals surface area contributed by atoms with E-state index in [2.05, 4.69) is 32.5 Å². The van der Waals surface area contributed by atoms with E-state index in [1.807, 2.05) is 0 Å². The molecule has 2 heteroatoms. The quantitative estimate of drug-likeness (QED) is 0.729. The molecule has 1 nitrogen and oxygen atoms in total. The molecule has 0 aromatic rings. The molecule has 102 valence electrons. The van der Waals surface area contributed by atoms with Gasteiger partial charge in [0, 0.05) is 17.0 Å². The second kappa shape index (κ2) is 8.42. The Morgan fingerprint density at radius 2 is 1.71 bits per heavy atom. The van der Waals surface area contributed by atoms with E-state index in [-0.39, 0.29) is 0 Å². The Hall–Kier alpha value is 0.310. The maximum atomic E-state index is 6.25. The van der Waals surface area contributed by atoms with E-state index in [0.29, 0.717) is 6.04 Å². The van der Waals surface area contributed by atoms with Crippen molar-refractivity contribution in [1.29, 1.82) is 0 Å². The summed E-state index contributed by atoms with van der Waals surface area (Å²) in [6, 6.07) is 0.413. The molecule has 2 N–H and O–H groups in total. The predicted molar refractivity (Wildman–Crippen MR) is 80.5 cm³/mol. The third kappa shape index (κ3) is 7.35. The van der Waals surface area contributed by atoms with Gasteiger partial charge in [0.1, 0.15) is 0 Å². The zero-order valence-corrected chi connectivity index (χ0v) is 12.8. The van der Waals surface area contributed by atoms with Crippen LogP contribution in [0, 0.1) is 11.8 Å². The molecule has 0 spiro atoms. The van der Waals surface area contributed by atoms with Crippen LogP contribution in [0.15, 0.2) is 0 Å². The zero-order chi connectivity index (χ0) is 12.7. The molecule has 0 radical (unpaired) electrons. The summed E-state index contributed by atoms with van der Waals surface area (Å²) >= 11 is 2.14. The summed E-state index contributed by atoms with van der Waals surface area (Å²) in [6.07, 6.45) is 9.72. The summed E-state index contributed by atoms with van der Waals surface area (Å²) < 4.78 is 0. The summed E-state index contributed by atoms with van der Waals surface area (Å²) in [5.74, 6) is 2.77. The van der Waals surface area contributed by atoms with E-state index < -0.39 is 0 Å². The minimum Gasteiger partial charge on any atom is -0.327 e. The van der Waals surface area contributed by atoms with Gasteiger partial charge in [-0.3, -0.25) is 0 Å². The highest BCUT2D eigenvalue weighted by Crippen LogP contribution is 2.29. The van der Waals surface area contributed by atoms with Crippen LogP contribution < -0.4 is 5.73 Å². The van der Waals surface area contributed by atoms with Crippen molar-refractivity contribution in [1.82, 2.24) is 0 Å². The average Bonchev–Trinajstić information content (AvgIpc) is 2.26. The molecule has 0 aromatic carbocycles. The van der Waals surface area contributed by atoms with Crippen LogP contribution >= 0.6 is 11.8 Å². The second-order valence-corrected chi connectivity index (χ2v) is 7.66. The van der Waals surface area contributed by atoms with Gasteiger partial charge in [-0.2, -0.15) is 11.8 Å². The van der Waals surface area contributed by atoms with Crippen LogP contribution in [0.4, 0.5) is 0 Å². The highest BCUT2D eigenvalue weighted by Gasteiger charge is 2.16. The van der Waals surface area contributed by atoms with Crippen molar-refractivity contribution in [2.45, 2.75) is 77.0 Å². The number of rotatable bonds is 7. The first-order chi connectivity index (χ1) is 8.08. The normalized spacial score (nSPS) is 21.7. The lowest BCUT2D eigenvalue weighted by atomic mass is 9.93. The van der Waals surface area contributed by atoms with Gasteiger partial charge in [0.25, 0.3) is 0 Å². The van der Waals surface area contributed by atoms with E-state index in [4.69, 9.17) is 5.73 Å². The van der Waals surface area contributed by atoms with Crippen molar-refractivity contribution < 1.29 is 0 Å². The van der Waals surface area contributed by atoms with Crippen LogP contribution in [0.25, 0.3) is 0 Å². The molecular weight excluding hydrogens is 226 g/mol. The Balaban J connectivity index is 2.09. The summed E-state index contributed by atoms with van der Waals surface area (Å²) in [5, 5.41) is 0.912. The summed E-state index contributed by atoms with van der Waals surface area (Å²) in [7, 11) is 0. The highest BCUT2D eigenvalue weighted by molar-refractivity contribution is 7.99. The van der Waals surface area contributed by atoms with Crippen LogP contribution in [0.1, 0.15) is 65.7 Å². The van der Waals surface area contributed by atoms with Gasteiger partial charge in [0.2, 0.25) is 0 Å². The molecule has 1 aliphatic rings. The molecule has 0 saturated heterocycles. The number of hydrogen-bond donors (Lipinski definition) is 1. The molecule has 1 fully saturated rings. The first kappa shape index (κ1) is 15.4. The van der Waals surface area contributed by atoms with E-state index >= 15 is 0 Å². The Bertz CT molecular complexity index is 187. The van der Waals surface area contributed by atoms with Crippen LogP contribution in [0.2, 0.25) is 0 Å². The van der Waals surface area contributed by atoms with Crippen molar-refractivity contribution >= 4 is 11.8 Å². The lowest BCUT2D eigenvalue weighted by Gasteiger charge is -2.24. The molecule has 0 bridgehead atoms. The van der Waals surface area contributed by atoms with Gasteiger partial charge in [0.15, 0.2) is 0 Å². The first-order valence-corrected chi connectivity index (χ1v) is 8.50. The van der Waals surface area contributed by atoms with E-state index in [1.165, 1.54) is 50.7 Å². The average molecular weight is 257 g/mol. The van der Waals surface area contributed by atoms with Crippen molar-refractivity contribution in [2.24, 2.45) is 17.6 Å². The Kier molecular flexibility index (Phi) is 7.61. The van der Waals surface area contributed by atoms with Gasteiger partial charge in [-0.15, -0.1) is 0 Å². The van der Waals surface area contributed by atoms with Crippen LogP contribution in [-0.2, 0) is 0 Å². The SMILES string of the molecule is CC(C)CC(C)CC(N)CSC1CCCCC1. The maximum Gasteiger partial charge on any atom is 0.0133 e. The van der Waals surface area contributed by atoms with Crippen molar-refractivity contribution in [3.8, 4) is 0 Å². The van der Waals surface area contributed by atoms with Gasteiger partial charge in [-0.25, -0.2) is 0 Å². The van der Waals surface area contributed by atoms with Crippen LogP contribution in [0.3, 0.4) is 0 Å². The molecule has 0 aliphatic heterocycles. The minimum absolute atomic E-state index is 0.413. The largest absolute Gasteiger partial charge is 0.327 e. The predicted octanol–water partition coefficient (Wildman–Crippen LogP) is 4.45. The molecule has 0 aromatic heterocycles. The van der Waals surface area contributed by atoms with Crippen molar-refractivity contribution in [2.75, 3.05) is 5.75 Å². The number of thioether (sulfide) groups is 1. The van der Waals surface area contributed by atoms with Crippen molar-refractivity contribution in [3.63, 3.8) is 0 Å². The summed E-state index contributed by atoms with van der Waals surface area (Å²) in [6.45, 7) is 6.96. The van der Waals surface area contributed by atoms with E-state index in [1.54, 1.807) is 0 Å². The fraction of sp³-hybridized carbons (Fsp3) is 1.00. The molecule has 2 unspecified atom stereocenters. The lowest BCUT2D eigenvalue weighted by molar-refractivity contribution is 0.394. The second-order valence-electron chi connectivity index (χ2n) is 6.32. The van der Waals surface area contributed by atoms with Gasteiger partial charge in [0.05, 0.1) is 0 Å². The first-order valence-electron chi connectivity index (χ1n) is 7.45. The maximum absolute atomic E-state index is 6.25. The Labute approximate surface area is 112 Å². The fourth-order valence-corrected chi connectivity index (χ4v) is 4.30. The highest BCUT2D eigenvalue weighted by atomic mass is 32.2. The summed E-state index contributed by atoms with van der Waals surface area (Å²) in [5.41, 5.74) is 6.25. The zero-order valence-electron chi connectivity index (χ0n) is 12.0.